The smallest absolute Gasteiger partial charge is 0.204 e. The molecule has 1 aliphatic heterocycles. The van der Waals surface area contributed by atoms with Gasteiger partial charge in [-0.1, -0.05) is 54.6 Å². The molecule has 3 aromatic carbocycles. The molecule has 0 saturated heterocycles. The molecule has 1 aliphatic rings. The van der Waals surface area contributed by atoms with Crippen LogP contribution in [0.5, 0.6) is 5.75 Å². The third kappa shape index (κ3) is 3.74. The molecule has 0 spiro atoms. The van der Waals surface area contributed by atoms with Gasteiger partial charge < -0.3 is 14.4 Å². The first-order valence-corrected chi connectivity index (χ1v) is 10.8. The summed E-state index contributed by atoms with van der Waals surface area (Å²) in [6.07, 6.45) is 1.67. The number of imidazole rings is 1. The van der Waals surface area contributed by atoms with Crippen LogP contribution in [-0.4, -0.2) is 36.1 Å². The van der Waals surface area contributed by atoms with E-state index < -0.39 is 0 Å². The summed E-state index contributed by atoms with van der Waals surface area (Å²) in [4.78, 5) is 12.1. The minimum atomic E-state index is -0.276. The van der Waals surface area contributed by atoms with Gasteiger partial charge in [-0.25, -0.2) is 9.98 Å². The van der Waals surface area contributed by atoms with Crippen molar-refractivity contribution in [2.24, 2.45) is 4.99 Å². The Morgan fingerprint density at radius 3 is 2.56 bits per heavy atom. The molecule has 0 bridgehead atoms. The highest BCUT2D eigenvalue weighted by Gasteiger charge is 2.30. The fourth-order valence-electron chi connectivity index (χ4n) is 4.25. The summed E-state index contributed by atoms with van der Waals surface area (Å²) in [6.45, 7) is 3.74. The molecule has 4 aromatic rings. The SMILES string of the molecule is COCCOc1cccc2c1N(Cc1ccccc1)C(n1c(C)nc3ccccc31)N=C2. The fourth-order valence-corrected chi connectivity index (χ4v) is 4.25. The van der Waals surface area contributed by atoms with Crippen molar-refractivity contribution in [2.45, 2.75) is 19.8 Å². The summed E-state index contributed by atoms with van der Waals surface area (Å²) < 4.78 is 13.5. The molecule has 6 nitrogen and oxygen atoms in total. The maximum absolute atomic E-state index is 6.14. The normalized spacial score (nSPS) is 15.2. The maximum Gasteiger partial charge on any atom is 0.204 e. The number of aromatic nitrogens is 2. The van der Waals surface area contributed by atoms with Crippen molar-refractivity contribution < 1.29 is 9.47 Å². The van der Waals surface area contributed by atoms with Crippen LogP contribution in [0.1, 0.15) is 23.2 Å². The van der Waals surface area contributed by atoms with Gasteiger partial charge in [-0.05, 0) is 30.7 Å². The van der Waals surface area contributed by atoms with E-state index in [9.17, 15) is 0 Å². The van der Waals surface area contributed by atoms with Gasteiger partial charge in [0.25, 0.3) is 0 Å². The Labute approximate surface area is 187 Å². The Kier molecular flexibility index (Phi) is 5.60. The largest absolute Gasteiger partial charge is 0.489 e. The summed E-state index contributed by atoms with van der Waals surface area (Å²) in [5, 5.41) is 0. The van der Waals surface area contributed by atoms with Crippen LogP contribution < -0.4 is 9.64 Å². The first-order valence-electron chi connectivity index (χ1n) is 10.8. The number of para-hydroxylation sites is 3. The number of methoxy groups -OCH3 is 1. The van der Waals surface area contributed by atoms with Gasteiger partial charge in [0.1, 0.15) is 18.2 Å². The Morgan fingerprint density at radius 1 is 0.906 bits per heavy atom. The van der Waals surface area contributed by atoms with Crippen molar-refractivity contribution in [1.29, 1.82) is 0 Å². The van der Waals surface area contributed by atoms with E-state index in [0.29, 0.717) is 19.8 Å². The second-order valence-electron chi connectivity index (χ2n) is 7.79. The van der Waals surface area contributed by atoms with E-state index >= 15 is 0 Å². The van der Waals surface area contributed by atoms with Crippen LogP contribution in [0.3, 0.4) is 0 Å². The van der Waals surface area contributed by atoms with Gasteiger partial charge in [-0.3, -0.25) is 4.57 Å². The topological polar surface area (TPSA) is 51.9 Å². The van der Waals surface area contributed by atoms with Gasteiger partial charge >= 0.3 is 0 Å². The van der Waals surface area contributed by atoms with Crippen molar-refractivity contribution >= 4 is 22.9 Å². The van der Waals surface area contributed by atoms with E-state index in [1.54, 1.807) is 7.11 Å². The van der Waals surface area contributed by atoms with E-state index in [-0.39, 0.29) is 6.29 Å². The van der Waals surface area contributed by atoms with Crippen molar-refractivity contribution in [1.82, 2.24) is 9.55 Å². The van der Waals surface area contributed by atoms with Gasteiger partial charge in [-0.2, -0.15) is 0 Å². The average molecular weight is 427 g/mol. The third-order valence-corrected chi connectivity index (χ3v) is 5.69. The zero-order chi connectivity index (χ0) is 21.9. The van der Waals surface area contributed by atoms with Crippen LogP contribution in [0.15, 0.2) is 77.8 Å². The molecule has 0 fully saturated rings. The number of benzene rings is 3. The number of fused-ring (bicyclic) bond motifs is 2. The highest BCUT2D eigenvalue weighted by molar-refractivity contribution is 5.92. The van der Waals surface area contributed by atoms with Gasteiger partial charge in [0.05, 0.1) is 23.3 Å². The van der Waals surface area contributed by atoms with E-state index in [1.165, 1.54) is 5.56 Å². The average Bonchev–Trinajstić information content (AvgIpc) is 3.16. The first kappa shape index (κ1) is 20.3. The number of hydrogen-bond acceptors (Lipinski definition) is 5. The molecule has 0 saturated carbocycles. The lowest BCUT2D eigenvalue weighted by Gasteiger charge is -2.37. The predicted octanol–water partition coefficient (Wildman–Crippen LogP) is 4.97. The van der Waals surface area contributed by atoms with E-state index in [0.717, 1.165) is 33.9 Å². The predicted molar refractivity (Wildman–Crippen MR) is 128 cm³/mol. The molecule has 0 amide bonds. The number of ether oxygens (including phenoxy) is 2. The molecular formula is C26H26N4O2. The van der Waals surface area contributed by atoms with Crippen LogP contribution in [0, 0.1) is 6.92 Å². The van der Waals surface area contributed by atoms with Gasteiger partial charge in [-0.15, -0.1) is 0 Å². The van der Waals surface area contributed by atoms with Crippen molar-refractivity contribution in [3.63, 3.8) is 0 Å². The van der Waals surface area contributed by atoms with Gasteiger partial charge in [0.15, 0.2) is 0 Å². The highest BCUT2D eigenvalue weighted by Crippen LogP contribution is 2.41. The summed E-state index contributed by atoms with van der Waals surface area (Å²) in [7, 11) is 1.68. The number of anilines is 1. The summed E-state index contributed by atoms with van der Waals surface area (Å²) in [6, 6.07) is 24.8. The zero-order valence-corrected chi connectivity index (χ0v) is 18.3. The first-order chi connectivity index (χ1) is 15.8. The van der Waals surface area contributed by atoms with Crippen LogP contribution in [0.4, 0.5) is 5.69 Å². The molecule has 162 valence electrons. The molecule has 6 heteroatoms. The highest BCUT2D eigenvalue weighted by atomic mass is 16.5. The molecule has 1 atom stereocenters. The molecule has 5 rings (SSSR count). The summed E-state index contributed by atoms with van der Waals surface area (Å²) >= 11 is 0. The number of aryl methyl sites for hydroxylation is 1. The standard InChI is InChI=1S/C26H26N4O2/c1-19-28-22-12-6-7-13-23(22)30(19)26-27-17-21-11-8-14-24(32-16-15-31-2)25(21)29(26)18-20-9-4-3-5-10-20/h3-14,17,26H,15-16,18H2,1-2H3. The summed E-state index contributed by atoms with van der Waals surface area (Å²) in [5.41, 5.74) is 5.30. The van der Waals surface area contributed by atoms with E-state index in [4.69, 9.17) is 19.5 Å². The van der Waals surface area contributed by atoms with Crippen LogP contribution in [0.25, 0.3) is 11.0 Å². The number of rotatable bonds is 7. The fraction of sp³-hybridized carbons (Fsp3) is 0.231. The van der Waals surface area contributed by atoms with Crippen molar-refractivity contribution in [3.8, 4) is 5.75 Å². The van der Waals surface area contributed by atoms with Crippen LogP contribution in [-0.2, 0) is 11.3 Å². The minimum absolute atomic E-state index is 0.276. The molecule has 32 heavy (non-hydrogen) atoms. The molecule has 1 unspecified atom stereocenters. The lowest BCUT2D eigenvalue weighted by Crippen LogP contribution is -2.35. The monoisotopic (exact) mass is 426 g/mol. The Bertz CT molecular complexity index is 1250. The Balaban J connectivity index is 1.64. The number of nitrogens with zero attached hydrogens (tertiary/aromatic N) is 4. The Morgan fingerprint density at radius 2 is 1.72 bits per heavy atom. The zero-order valence-electron chi connectivity index (χ0n) is 18.3. The van der Waals surface area contributed by atoms with E-state index in [2.05, 4.69) is 45.9 Å². The van der Waals surface area contributed by atoms with Gasteiger partial charge in [0, 0.05) is 25.4 Å². The quantitative estimate of drug-likeness (QED) is 0.392. The second-order valence-corrected chi connectivity index (χ2v) is 7.79. The van der Waals surface area contributed by atoms with Crippen LogP contribution in [0.2, 0.25) is 0 Å². The van der Waals surface area contributed by atoms with Gasteiger partial charge in [0.2, 0.25) is 6.29 Å². The summed E-state index contributed by atoms with van der Waals surface area (Å²) in [5.74, 6) is 1.75. The molecular weight excluding hydrogens is 400 g/mol. The lowest BCUT2D eigenvalue weighted by molar-refractivity contribution is 0.146. The maximum atomic E-state index is 6.14. The molecule has 0 aliphatic carbocycles. The molecule has 0 radical (unpaired) electrons. The van der Waals surface area contributed by atoms with Crippen molar-refractivity contribution in [3.05, 3.63) is 89.7 Å². The van der Waals surface area contributed by atoms with Crippen molar-refractivity contribution in [2.75, 3.05) is 25.2 Å². The van der Waals surface area contributed by atoms with Crippen LogP contribution >= 0.6 is 0 Å². The lowest BCUT2D eigenvalue weighted by atomic mass is 10.1. The molecule has 0 N–H and O–H groups in total. The number of aliphatic imine (C=N–C) groups is 1. The second kappa shape index (κ2) is 8.85. The number of hydrogen-bond donors (Lipinski definition) is 0. The third-order valence-electron chi connectivity index (χ3n) is 5.69. The minimum Gasteiger partial charge on any atom is -0.489 e. The Hall–Kier alpha value is -3.64. The molecule has 1 aromatic heterocycles. The molecule has 2 heterocycles. The van der Waals surface area contributed by atoms with E-state index in [1.807, 2.05) is 49.5 Å².